The fraction of sp³-hybridized carbons (Fsp3) is 0.919. The van der Waals surface area contributed by atoms with Crippen molar-refractivity contribution in [1.82, 2.24) is 0 Å². The molecule has 0 saturated heterocycles. The van der Waals surface area contributed by atoms with Crippen molar-refractivity contribution in [3.63, 3.8) is 0 Å². The van der Waals surface area contributed by atoms with Gasteiger partial charge in [-0.05, 0) is 44.9 Å². The van der Waals surface area contributed by atoms with Gasteiger partial charge < -0.3 is 27.9 Å². The van der Waals surface area contributed by atoms with E-state index in [4.69, 9.17) is 18.5 Å². The molecule has 0 heterocycles. The molecule has 2 atom stereocenters. The average molecular weight is 1210 g/mol. The third-order valence-electron chi connectivity index (χ3n) is 17.0. The van der Waals surface area contributed by atoms with Gasteiger partial charge in [0, 0.05) is 12.8 Å². The summed E-state index contributed by atoms with van der Waals surface area (Å²) in [7, 11) is 1.19. The predicted molar refractivity (Wildman–Crippen MR) is 361 cm³/mol. The van der Waals surface area contributed by atoms with Crippen LogP contribution in [0.2, 0.25) is 0 Å². The van der Waals surface area contributed by atoms with Crippen molar-refractivity contribution in [3.05, 3.63) is 24.3 Å². The van der Waals surface area contributed by atoms with Gasteiger partial charge in [-0.2, -0.15) is 0 Å². The standard InChI is InChI=1S/C74H144NO8P/c1-6-8-10-12-14-16-18-20-22-24-26-27-28-29-30-31-32-33-34-35-36-37-38-39-40-41-42-43-44-45-46-47-49-51-53-55-57-59-61-63-65-67-74(77)83-72(71-82-84(78,79)81-69-68-75(3,4)5)70-80-73(76)66-64-62-60-58-56-54-52-50-48-25-23-21-19-17-15-13-11-9-7-2/h18,20,24,26,72H,6-17,19,21-23,25,27-71H2,1-5H3/b20-18-,26-24-. The number of esters is 2. The summed E-state index contributed by atoms with van der Waals surface area (Å²) in [5.41, 5.74) is 0. The Bertz CT molecular complexity index is 1460. The summed E-state index contributed by atoms with van der Waals surface area (Å²) in [6.45, 7) is 4.31. The summed E-state index contributed by atoms with van der Waals surface area (Å²) in [4.78, 5) is 38.0. The molecule has 0 rings (SSSR count). The van der Waals surface area contributed by atoms with Crippen LogP contribution < -0.4 is 4.89 Å². The lowest BCUT2D eigenvalue weighted by molar-refractivity contribution is -0.870. The predicted octanol–water partition coefficient (Wildman–Crippen LogP) is 23.4. The van der Waals surface area contributed by atoms with E-state index in [1.54, 1.807) is 0 Å². The maximum atomic E-state index is 12.9. The lowest BCUT2D eigenvalue weighted by Gasteiger charge is -2.28. The molecule has 0 amide bonds. The minimum absolute atomic E-state index is 0.0260. The first kappa shape index (κ1) is 82.5. The summed E-state index contributed by atoms with van der Waals surface area (Å²) in [6.07, 6.45) is 82.9. The second-order valence-corrected chi connectivity index (χ2v) is 28.1. The number of rotatable bonds is 70. The molecule has 0 radical (unpaired) electrons. The Hall–Kier alpha value is -1.51. The molecule has 2 unspecified atom stereocenters. The molecular formula is C74H144NO8P. The van der Waals surface area contributed by atoms with E-state index in [2.05, 4.69) is 38.2 Å². The number of allylic oxidation sites excluding steroid dienone is 4. The van der Waals surface area contributed by atoms with E-state index < -0.39 is 26.5 Å². The van der Waals surface area contributed by atoms with Crippen LogP contribution in [-0.2, 0) is 32.7 Å². The lowest BCUT2D eigenvalue weighted by Crippen LogP contribution is -2.37. The number of nitrogens with zero attached hydrogens (tertiary/aromatic N) is 1. The molecule has 0 fully saturated rings. The number of carbonyl (C=O) groups excluding carboxylic acids is 2. The molecule has 0 aliphatic heterocycles. The van der Waals surface area contributed by atoms with Crippen LogP contribution in [-0.4, -0.2) is 70.0 Å². The fourth-order valence-electron chi connectivity index (χ4n) is 11.3. The highest BCUT2D eigenvalue weighted by atomic mass is 31.2. The third-order valence-corrected chi connectivity index (χ3v) is 17.9. The van der Waals surface area contributed by atoms with Crippen molar-refractivity contribution in [1.29, 1.82) is 0 Å². The van der Waals surface area contributed by atoms with Crippen LogP contribution in [0, 0.1) is 0 Å². The molecule has 0 aromatic heterocycles. The first-order valence-electron chi connectivity index (χ1n) is 37.0. The molecule has 0 aliphatic rings. The number of quaternary nitrogens is 1. The maximum absolute atomic E-state index is 12.9. The second-order valence-electron chi connectivity index (χ2n) is 26.7. The van der Waals surface area contributed by atoms with Crippen molar-refractivity contribution in [2.75, 3.05) is 47.5 Å². The number of ether oxygens (including phenoxy) is 2. The molecular weight excluding hydrogens is 1060 g/mol. The molecule has 10 heteroatoms. The Morgan fingerprint density at radius 3 is 0.940 bits per heavy atom. The monoisotopic (exact) mass is 1210 g/mol. The molecule has 84 heavy (non-hydrogen) atoms. The molecule has 0 bridgehead atoms. The normalized spacial score (nSPS) is 13.2. The highest BCUT2D eigenvalue weighted by Crippen LogP contribution is 2.38. The van der Waals surface area contributed by atoms with E-state index in [0.717, 1.165) is 38.5 Å². The van der Waals surface area contributed by atoms with Gasteiger partial charge in [0.25, 0.3) is 7.82 Å². The van der Waals surface area contributed by atoms with Crippen LogP contribution in [0.15, 0.2) is 24.3 Å². The zero-order valence-electron chi connectivity index (χ0n) is 56.9. The van der Waals surface area contributed by atoms with Gasteiger partial charge in [-0.15, -0.1) is 0 Å². The van der Waals surface area contributed by atoms with Gasteiger partial charge in [-0.3, -0.25) is 14.2 Å². The van der Waals surface area contributed by atoms with Crippen LogP contribution in [0.25, 0.3) is 0 Å². The van der Waals surface area contributed by atoms with Gasteiger partial charge in [-0.25, -0.2) is 0 Å². The summed E-state index contributed by atoms with van der Waals surface area (Å²) in [5, 5.41) is 0. The fourth-order valence-corrected chi connectivity index (χ4v) is 12.0. The SMILES string of the molecule is CCCCCCC/C=C\C/C=C\CCCCCCCCCCCCCCCCCCCCCCCCCCCCCCCC(=O)OC(COC(=O)CCCCCCCCCCCCCCCCCCCCC)COP(=O)([O-])OCC[N+](C)(C)C. The molecule has 498 valence electrons. The van der Waals surface area contributed by atoms with Gasteiger partial charge in [0.2, 0.25) is 0 Å². The van der Waals surface area contributed by atoms with Gasteiger partial charge in [0.05, 0.1) is 27.7 Å². The third kappa shape index (κ3) is 69.6. The Morgan fingerprint density at radius 1 is 0.369 bits per heavy atom. The van der Waals surface area contributed by atoms with E-state index in [0.29, 0.717) is 17.4 Å². The van der Waals surface area contributed by atoms with Crippen molar-refractivity contribution < 1.29 is 42.1 Å². The van der Waals surface area contributed by atoms with Gasteiger partial charge in [0.15, 0.2) is 6.10 Å². The zero-order valence-corrected chi connectivity index (χ0v) is 57.8. The second kappa shape index (κ2) is 65.9. The Kier molecular flexibility index (Phi) is 64.7. The van der Waals surface area contributed by atoms with Crippen LogP contribution in [0.5, 0.6) is 0 Å². The Balaban J connectivity index is 3.85. The number of hydrogen-bond donors (Lipinski definition) is 0. The van der Waals surface area contributed by atoms with Gasteiger partial charge in [0.1, 0.15) is 19.8 Å². The van der Waals surface area contributed by atoms with E-state index in [9.17, 15) is 19.0 Å². The van der Waals surface area contributed by atoms with Crippen LogP contribution in [0.4, 0.5) is 0 Å². The summed E-state index contributed by atoms with van der Waals surface area (Å²) in [6, 6.07) is 0. The summed E-state index contributed by atoms with van der Waals surface area (Å²) < 4.78 is 34.3. The van der Waals surface area contributed by atoms with Crippen molar-refractivity contribution in [2.24, 2.45) is 0 Å². The Labute approximate surface area is 523 Å². The number of phosphoric ester groups is 1. The molecule has 9 nitrogen and oxygen atoms in total. The molecule has 0 aromatic carbocycles. The van der Waals surface area contributed by atoms with Gasteiger partial charge in [-0.1, -0.05) is 353 Å². The van der Waals surface area contributed by atoms with Crippen molar-refractivity contribution >= 4 is 19.8 Å². The van der Waals surface area contributed by atoms with Crippen molar-refractivity contribution in [2.45, 2.75) is 392 Å². The minimum Gasteiger partial charge on any atom is -0.756 e. The molecule has 0 N–H and O–H groups in total. The number of phosphoric acid groups is 1. The quantitative estimate of drug-likeness (QED) is 0.0195. The highest BCUT2D eigenvalue weighted by molar-refractivity contribution is 7.45. The van der Waals surface area contributed by atoms with E-state index in [1.165, 1.54) is 315 Å². The summed E-state index contributed by atoms with van der Waals surface area (Å²) in [5.74, 6) is -0.807. The molecule has 0 aliphatic carbocycles. The first-order valence-corrected chi connectivity index (χ1v) is 38.5. The van der Waals surface area contributed by atoms with Crippen molar-refractivity contribution in [3.8, 4) is 0 Å². The lowest BCUT2D eigenvalue weighted by atomic mass is 10.0. The highest BCUT2D eigenvalue weighted by Gasteiger charge is 2.22. The topological polar surface area (TPSA) is 111 Å². The van der Waals surface area contributed by atoms with Crippen LogP contribution >= 0.6 is 7.82 Å². The van der Waals surface area contributed by atoms with E-state index >= 15 is 0 Å². The first-order chi connectivity index (χ1) is 41.0. The molecule has 0 aromatic rings. The number of hydrogen-bond acceptors (Lipinski definition) is 8. The maximum Gasteiger partial charge on any atom is 0.306 e. The molecule has 0 saturated carbocycles. The smallest absolute Gasteiger partial charge is 0.306 e. The number of carbonyl (C=O) groups is 2. The zero-order chi connectivity index (χ0) is 61.2. The number of unbranched alkanes of at least 4 members (excludes halogenated alkanes) is 52. The Morgan fingerprint density at radius 2 is 0.643 bits per heavy atom. The molecule has 0 spiro atoms. The average Bonchev–Trinajstić information content (AvgIpc) is 3.61. The van der Waals surface area contributed by atoms with Gasteiger partial charge >= 0.3 is 11.9 Å². The van der Waals surface area contributed by atoms with Crippen LogP contribution in [0.3, 0.4) is 0 Å². The van der Waals surface area contributed by atoms with Crippen LogP contribution in [0.1, 0.15) is 386 Å². The minimum atomic E-state index is -4.63. The largest absolute Gasteiger partial charge is 0.756 e. The van der Waals surface area contributed by atoms with E-state index in [1.807, 2.05) is 21.1 Å². The summed E-state index contributed by atoms with van der Waals surface area (Å²) >= 11 is 0. The number of likely N-dealkylation sites (N-methyl/N-ethyl adjacent to an activating group) is 1. The van der Waals surface area contributed by atoms with E-state index in [-0.39, 0.29) is 32.0 Å².